The molecule has 2 aromatic rings. The fraction of sp³-hybridized carbons (Fsp3) is 0.429. The third-order valence-corrected chi connectivity index (χ3v) is 2.93. The van der Waals surface area contributed by atoms with Crippen LogP contribution in [0.25, 0.3) is 5.82 Å². The molecule has 5 heteroatoms. The predicted molar refractivity (Wildman–Crippen MR) is 75.7 cm³/mol. The molecular weight excluding hydrogens is 240 g/mol. The van der Waals surface area contributed by atoms with E-state index >= 15 is 0 Å². The van der Waals surface area contributed by atoms with Gasteiger partial charge in [0.2, 0.25) is 5.88 Å². The van der Waals surface area contributed by atoms with Crippen molar-refractivity contribution in [1.82, 2.24) is 14.8 Å². The molecule has 19 heavy (non-hydrogen) atoms. The number of ether oxygens (including phenoxy) is 1. The molecule has 0 saturated heterocycles. The van der Waals surface area contributed by atoms with Crippen molar-refractivity contribution in [1.29, 1.82) is 0 Å². The molecule has 0 saturated carbocycles. The zero-order chi connectivity index (χ0) is 13.8. The molecule has 0 atom stereocenters. The van der Waals surface area contributed by atoms with Gasteiger partial charge in [0.25, 0.3) is 0 Å². The molecule has 2 rings (SSSR count). The average Bonchev–Trinajstić information content (AvgIpc) is 2.85. The Morgan fingerprint density at radius 3 is 2.63 bits per heavy atom. The highest BCUT2D eigenvalue weighted by Crippen LogP contribution is 2.21. The molecule has 2 heterocycles. The fourth-order valence-corrected chi connectivity index (χ4v) is 1.91. The van der Waals surface area contributed by atoms with Gasteiger partial charge in [0, 0.05) is 5.69 Å². The SMILES string of the molecule is CCOc1nc(-n2nc(CC)cc2CC)ccc1N. The molecule has 5 nitrogen and oxygen atoms in total. The lowest BCUT2D eigenvalue weighted by atomic mass is 10.2. The first-order valence-corrected chi connectivity index (χ1v) is 6.67. The maximum atomic E-state index is 5.84. The summed E-state index contributed by atoms with van der Waals surface area (Å²) in [6.45, 7) is 6.65. The molecule has 0 bridgehead atoms. The molecule has 0 amide bonds. The first-order chi connectivity index (χ1) is 9.19. The standard InChI is InChI=1S/C14H20N4O/c1-4-10-9-11(5-2)18(17-10)13-8-7-12(15)14(16-13)19-6-3/h7-9H,4-6,15H2,1-3H3. The zero-order valence-corrected chi connectivity index (χ0v) is 11.7. The summed E-state index contributed by atoms with van der Waals surface area (Å²) in [5.41, 5.74) is 8.59. The summed E-state index contributed by atoms with van der Waals surface area (Å²) in [5.74, 6) is 1.21. The van der Waals surface area contributed by atoms with Crippen LogP contribution in [0.3, 0.4) is 0 Å². The Labute approximate surface area is 113 Å². The van der Waals surface area contributed by atoms with E-state index in [0.29, 0.717) is 18.2 Å². The van der Waals surface area contributed by atoms with Gasteiger partial charge < -0.3 is 10.5 Å². The van der Waals surface area contributed by atoms with E-state index in [1.54, 1.807) is 6.07 Å². The number of aromatic nitrogens is 3. The minimum Gasteiger partial charge on any atom is -0.476 e. The largest absolute Gasteiger partial charge is 0.476 e. The van der Waals surface area contributed by atoms with Crippen LogP contribution >= 0.6 is 0 Å². The smallest absolute Gasteiger partial charge is 0.239 e. The first kappa shape index (κ1) is 13.4. The normalized spacial score (nSPS) is 10.7. The topological polar surface area (TPSA) is 66.0 Å². The van der Waals surface area contributed by atoms with E-state index in [4.69, 9.17) is 10.5 Å². The van der Waals surface area contributed by atoms with Gasteiger partial charge in [-0.3, -0.25) is 0 Å². The number of hydrogen-bond donors (Lipinski definition) is 1. The summed E-state index contributed by atoms with van der Waals surface area (Å²) in [7, 11) is 0. The van der Waals surface area contributed by atoms with Crippen molar-refractivity contribution in [3.05, 3.63) is 29.6 Å². The maximum absolute atomic E-state index is 5.84. The van der Waals surface area contributed by atoms with Gasteiger partial charge in [-0.1, -0.05) is 13.8 Å². The summed E-state index contributed by atoms with van der Waals surface area (Å²) < 4.78 is 7.29. The Morgan fingerprint density at radius 2 is 2.00 bits per heavy atom. The predicted octanol–water partition coefficient (Wildman–Crippen LogP) is 2.37. The molecule has 0 aliphatic rings. The highest BCUT2D eigenvalue weighted by atomic mass is 16.5. The number of hydrogen-bond acceptors (Lipinski definition) is 4. The average molecular weight is 260 g/mol. The van der Waals surface area contributed by atoms with E-state index in [2.05, 4.69) is 30.0 Å². The molecule has 0 radical (unpaired) electrons. The lowest BCUT2D eigenvalue weighted by molar-refractivity contribution is 0.328. The van der Waals surface area contributed by atoms with Crippen LogP contribution in [0.2, 0.25) is 0 Å². The van der Waals surface area contributed by atoms with Crippen molar-refractivity contribution in [2.24, 2.45) is 0 Å². The van der Waals surface area contributed by atoms with Gasteiger partial charge in [-0.15, -0.1) is 0 Å². The van der Waals surface area contributed by atoms with Gasteiger partial charge in [0.05, 0.1) is 18.0 Å². The molecule has 0 aliphatic heterocycles. The fourth-order valence-electron chi connectivity index (χ4n) is 1.91. The van der Waals surface area contributed by atoms with Gasteiger partial charge in [0.1, 0.15) is 0 Å². The van der Waals surface area contributed by atoms with E-state index in [1.165, 1.54) is 0 Å². The Hall–Kier alpha value is -2.04. The summed E-state index contributed by atoms with van der Waals surface area (Å²) in [6, 6.07) is 5.78. The first-order valence-electron chi connectivity index (χ1n) is 6.67. The number of aryl methyl sites for hydroxylation is 2. The lowest BCUT2D eigenvalue weighted by Gasteiger charge is -2.09. The third kappa shape index (κ3) is 2.70. The number of rotatable bonds is 5. The molecule has 0 spiro atoms. The van der Waals surface area contributed by atoms with Crippen molar-refractivity contribution in [3.63, 3.8) is 0 Å². The Kier molecular flexibility index (Phi) is 4.04. The van der Waals surface area contributed by atoms with Crippen LogP contribution in [0, 0.1) is 0 Å². The van der Waals surface area contributed by atoms with Crippen molar-refractivity contribution >= 4 is 5.69 Å². The van der Waals surface area contributed by atoms with Crippen LogP contribution in [0.5, 0.6) is 5.88 Å². The van der Waals surface area contributed by atoms with Gasteiger partial charge in [-0.25, -0.2) is 4.68 Å². The second-order valence-electron chi connectivity index (χ2n) is 4.24. The summed E-state index contributed by atoms with van der Waals surface area (Å²) in [4.78, 5) is 4.44. The van der Waals surface area contributed by atoms with E-state index in [9.17, 15) is 0 Å². The zero-order valence-electron chi connectivity index (χ0n) is 11.7. The Morgan fingerprint density at radius 1 is 1.21 bits per heavy atom. The van der Waals surface area contributed by atoms with Gasteiger partial charge in [-0.2, -0.15) is 10.1 Å². The lowest BCUT2D eigenvalue weighted by Crippen LogP contribution is -2.07. The van der Waals surface area contributed by atoms with Gasteiger partial charge in [0.15, 0.2) is 5.82 Å². The molecule has 0 fully saturated rings. The maximum Gasteiger partial charge on any atom is 0.239 e. The summed E-state index contributed by atoms with van der Waals surface area (Å²) in [6.07, 6.45) is 1.82. The van der Waals surface area contributed by atoms with Crippen LogP contribution in [0.15, 0.2) is 18.2 Å². The van der Waals surface area contributed by atoms with Crippen molar-refractivity contribution in [2.45, 2.75) is 33.6 Å². The molecule has 2 N–H and O–H groups in total. The molecule has 0 unspecified atom stereocenters. The Balaban J connectivity index is 2.46. The number of pyridine rings is 1. The number of anilines is 1. The summed E-state index contributed by atoms with van der Waals surface area (Å²) in [5, 5.41) is 4.56. The highest BCUT2D eigenvalue weighted by Gasteiger charge is 2.11. The van der Waals surface area contributed by atoms with Gasteiger partial charge >= 0.3 is 0 Å². The number of nitrogen functional groups attached to an aromatic ring is 1. The van der Waals surface area contributed by atoms with Crippen molar-refractivity contribution in [2.75, 3.05) is 12.3 Å². The third-order valence-electron chi connectivity index (χ3n) is 2.93. The number of nitrogens with two attached hydrogens (primary N) is 1. The van der Waals surface area contributed by atoms with Crippen molar-refractivity contribution in [3.8, 4) is 11.7 Å². The summed E-state index contributed by atoms with van der Waals surface area (Å²) >= 11 is 0. The second kappa shape index (κ2) is 5.73. The van der Waals surface area contributed by atoms with Crippen molar-refractivity contribution < 1.29 is 4.74 Å². The van der Waals surface area contributed by atoms with Crippen LogP contribution < -0.4 is 10.5 Å². The minimum absolute atomic E-state index is 0.468. The van der Waals surface area contributed by atoms with E-state index < -0.39 is 0 Å². The molecule has 102 valence electrons. The monoisotopic (exact) mass is 260 g/mol. The van der Waals surface area contributed by atoms with Crippen LogP contribution in [-0.2, 0) is 12.8 Å². The number of nitrogens with zero attached hydrogens (tertiary/aromatic N) is 3. The molecular formula is C14H20N4O. The van der Waals surface area contributed by atoms with E-state index in [-0.39, 0.29) is 0 Å². The highest BCUT2D eigenvalue weighted by molar-refractivity contribution is 5.50. The minimum atomic E-state index is 0.468. The van der Waals surface area contributed by atoms with Gasteiger partial charge in [-0.05, 0) is 38.0 Å². The van der Waals surface area contributed by atoms with E-state index in [0.717, 1.165) is 30.0 Å². The van der Waals surface area contributed by atoms with E-state index in [1.807, 2.05) is 17.7 Å². The van der Waals surface area contributed by atoms with Crippen LogP contribution in [-0.4, -0.2) is 21.4 Å². The van der Waals surface area contributed by atoms with Crippen LogP contribution in [0.4, 0.5) is 5.69 Å². The Bertz CT molecular complexity index is 563. The molecule has 0 aliphatic carbocycles. The second-order valence-corrected chi connectivity index (χ2v) is 4.24. The molecule has 2 aromatic heterocycles. The van der Waals surface area contributed by atoms with Crippen LogP contribution in [0.1, 0.15) is 32.2 Å². The molecule has 0 aromatic carbocycles. The quantitative estimate of drug-likeness (QED) is 0.896.